The van der Waals surface area contributed by atoms with Gasteiger partial charge in [0.2, 0.25) is 0 Å². The third-order valence-electron chi connectivity index (χ3n) is 3.29. The van der Waals surface area contributed by atoms with Gasteiger partial charge in [0.05, 0.1) is 35.9 Å². The molecule has 0 spiro atoms. The molecule has 0 fully saturated rings. The lowest BCUT2D eigenvalue weighted by molar-refractivity contribution is -0.117. The molecule has 2 rings (SSSR count). The van der Waals surface area contributed by atoms with Crippen LogP contribution in [0.3, 0.4) is 0 Å². The second-order valence-corrected chi connectivity index (χ2v) is 5.15. The lowest BCUT2D eigenvalue weighted by Crippen LogP contribution is -2.07. The van der Waals surface area contributed by atoms with Gasteiger partial charge in [-0.25, -0.2) is 4.85 Å². The van der Waals surface area contributed by atoms with Crippen LogP contribution in [0.1, 0.15) is 27.8 Å². The van der Waals surface area contributed by atoms with Crippen LogP contribution in [0, 0.1) is 40.6 Å². The predicted octanol–water partition coefficient (Wildman–Crippen LogP) is 3.21. The number of carbonyl (C=O) groups is 1. The van der Waals surface area contributed by atoms with Gasteiger partial charge < -0.3 is 0 Å². The summed E-state index contributed by atoms with van der Waals surface area (Å²) in [6, 6.07) is 15.1. The first-order valence-electron chi connectivity index (χ1n) is 6.95. The zero-order valence-electron chi connectivity index (χ0n) is 12.6. The van der Waals surface area contributed by atoms with Crippen molar-refractivity contribution in [2.24, 2.45) is 0 Å². The van der Waals surface area contributed by atoms with E-state index < -0.39 is 0 Å². The molecule has 2 aromatic rings. The van der Waals surface area contributed by atoms with Crippen molar-refractivity contribution in [3.63, 3.8) is 0 Å². The van der Waals surface area contributed by atoms with E-state index in [-0.39, 0.29) is 18.6 Å². The van der Waals surface area contributed by atoms with Crippen LogP contribution in [0.5, 0.6) is 0 Å². The average Bonchev–Trinajstić information content (AvgIpc) is 2.60. The smallest absolute Gasteiger partial charge is 0.188 e. The van der Waals surface area contributed by atoms with Crippen molar-refractivity contribution in [1.29, 1.82) is 15.8 Å². The molecule has 0 amide bonds. The van der Waals surface area contributed by atoms with Gasteiger partial charge in [-0.3, -0.25) is 4.79 Å². The number of nitrogens with zero attached hydrogens (tertiary/aromatic N) is 4. The van der Waals surface area contributed by atoms with E-state index in [0.717, 1.165) is 0 Å². The van der Waals surface area contributed by atoms with E-state index >= 15 is 0 Å². The molecule has 5 nitrogen and oxygen atoms in total. The van der Waals surface area contributed by atoms with E-state index in [1.807, 2.05) is 18.2 Å². The van der Waals surface area contributed by atoms with E-state index in [0.29, 0.717) is 33.5 Å². The number of hydrogen-bond acceptors (Lipinski definition) is 4. The SMILES string of the molecule is [C-]#[N+]c1cc(C#N)cc(CC(=O)Cc2cc(C#N)cc(C#N)c2)c1. The third-order valence-corrected chi connectivity index (χ3v) is 3.29. The van der Waals surface area contributed by atoms with Gasteiger partial charge in [-0.15, -0.1) is 0 Å². The van der Waals surface area contributed by atoms with E-state index in [1.165, 1.54) is 12.1 Å². The van der Waals surface area contributed by atoms with Gasteiger partial charge in [-0.1, -0.05) is 6.07 Å². The molecule has 0 bridgehead atoms. The molecule has 0 heterocycles. The zero-order chi connectivity index (χ0) is 17.5. The van der Waals surface area contributed by atoms with Crippen LogP contribution < -0.4 is 0 Å². The lowest BCUT2D eigenvalue weighted by atomic mass is 9.98. The Morgan fingerprint density at radius 2 is 1.29 bits per heavy atom. The summed E-state index contributed by atoms with van der Waals surface area (Å²) >= 11 is 0. The normalized spacial score (nSPS) is 9.17. The minimum Gasteiger partial charge on any atom is -0.299 e. The Hall–Kier alpha value is -3.93. The van der Waals surface area contributed by atoms with Crippen LogP contribution in [0.15, 0.2) is 36.4 Å². The maximum absolute atomic E-state index is 12.3. The molecule has 0 aliphatic carbocycles. The minimum atomic E-state index is -0.125. The van der Waals surface area contributed by atoms with E-state index in [1.54, 1.807) is 24.3 Å². The molecule has 0 aliphatic rings. The highest BCUT2D eigenvalue weighted by molar-refractivity contribution is 5.83. The molecule has 0 saturated heterocycles. The molecule has 0 aromatic heterocycles. The number of benzene rings is 2. The van der Waals surface area contributed by atoms with Gasteiger partial charge in [-0.2, -0.15) is 15.8 Å². The molecule has 24 heavy (non-hydrogen) atoms. The number of rotatable bonds is 4. The molecular formula is C19H10N4O. The van der Waals surface area contributed by atoms with Crippen LogP contribution in [-0.4, -0.2) is 5.78 Å². The summed E-state index contributed by atoms with van der Waals surface area (Å²) in [4.78, 5) is 15.5. The standard InChI is InChI=1S/C19H10N4O/c1-23-18-6-14(4-17(7-18)12-22)9-19(24)8-13-2-15(10-20)5-16(3-13)11-21/h2-7H,8-9H2. The highest BCUT2D eigenvalue weighted by Crippen LogP contribution is 2.19. The quantitative estimate of drug-likeness (QED) is 0.810. The Bertz CT molecular complexity index is 834. The van der Waals surface area contributed by atoms with Gasteiger partial charge in [0.15, 0.2) is 5.69 Å². The third kappa shape index (κ3) is 4.05. The molecule has 0 saturated carbocycles. The summed E-state index contributed by atoms with van der Waals surface area (Å²) in [5, 5.41) is 26.9. The monoisotopic (exact) mass is 310 g/mol. The summed E-state index contributed by atoms with van der Waals surface area (Å²) in [6.45, 7) is 7.03. The Kier molecular flexibility index (Phi) is 5.05. The van der Waals surface area contributed by atoms with Crippen LogP contribution in [0.2, 0.25) is 0 Å². The number of Topliss-reactive ketones (excluding diaryl/α,β-unsaturated/α-hetero) is 1. The van der Waals surface area contributed by atoms with Crippen LogP contribution >= 0.6 is 0 Å². The molecule has 5 heteroatoms. The summed E-state index contributed by atoms with van der Waals surface area (Å²) in [7, 11) is 0. The molecule has 0 unspecified atom stereocenters. The summed E-state index contributed by atoms with van der Waals surface area (Å²) in [5.74, 6) is -0.125. The van der Waals surface area contributed by atoms with Gasteiger partial charge in [0.25, 0.3) is 0 Å². The molecule has 0 aliphatic heterocycles. The Balaban J connectivity index is 2.21. The van der Waals surface area contributed by atoms with Crippen molar-refractivity contribution in [2.75, 3.05) is 0 Å². The second-order valence-electron chi connectivity index (χ2n) is 5.15. The molecule has 0 atom stereocenters. The van der Waals surface area contributed by atoms with Crippen LogP contribution in [0.25, 0.3) is 4.85 Å². The van der Waals surface area contributed by atoms with Crippen LogP contribution in [-0.2, 0) is 17.6 Å². The maximum atomic E-state index is 12.3. The Labute approximate surface area is 139 Å². The van der Waals surface area contributed by atoms with Gasteiger partial charge >= 0.3 is 0 Å². The second kappa shape index (κ2) is 7.37. The highest BCUT2D eigenvalue weighted by Gasteiger charge is 2.09. The first-order chi connectivity index (χ1) is 11.6. The fourth-order valence-corrected chi connectivity index (χ4v) is 2.35. The number of carbonyl (C=O) groups excluding carboxylic acids is 1. The van der Waals surface area contributed by atoms with Crippen LogP contribution in [0.4, 0.5) is 5.69 Å². The molecule has 112 valence electrons. The van der Waals surface area contributed by atoms with Crippen molar-refractivity contribution >= 4 is 11.5 Å². The van der Waals surface area contributed by atoms with E-state index in [2.05, 4.69) is 4.85 Å². The Morgan fingerprint density at radius 3 is 1.75 bits per heavy atom. The summed E-state index contributed by atoms with van der Waals surface area (Å²) in [6.07, 6.45) is 0.158. The fraction of sp³-hybridized carbons (Fsp3) is 0.105. The van der Waals surface area contributed by atoms with E-state index in [4.69, 9.17) is 22.4 Å². The van der Waals surface area contributed by atoms with Gasteiger partial charge in [0.1, 0.15) is 5.78 Å². The first kappa shape index (κ1) is 16.4. The predicted molar refractivity (Wildman–Crippen MR) is 85.7 cm³/mol. The summed E-state index contributed by atoms with van der Waals surface area (Å²) in [5.41, 5.74) is 2.51. The fourth-order valence-electron chi connectivity index (χ4n) is 2.35. The average molecular weight is 310 g/mol. The number of ketones is 1. The molecule has 2 aromatic carbocycles. The number of nitriles is 3. The molecule has 0 radical (unpaired) electrons. The number of hydrogen-bond donors (Lipinski definition) is 0. The topological polar surface area (TPSA) is 92.8 Å². The lowest BCUT2D eigenvalue weighted by Gasteiger charge is -2.05. The summed E-state index contributed by atoms with van der Waals surface area (Å²) < 4.78 is 0. The highest BCUT2D eigenvalue weighted by atomic mass is 16.1. The van der Waals surface area contributed by atoms with E-state index in [9.17, 15) is 4.79 Å². The van der Waals surface area contributed by atoms with Crippen molar-refractivity contribution in [3.05, 3.63) is 75.6 Å². The molecule has 0 N–H and O–H groups in total. The minimum absolute atomic E-state index is 0.0777. The first-order valence-corrected chi connectivity index (χ1v) is 6.95. The largest absolute Gasteiger partial charge is 0.299 e. The van der Waals surface area contributed by atoms with Gasteiger partial charge in [-0.05, 0) is 41.5 Å². The van der Waals surface area contributed by atoms with Gasteiger partial charge in [0, 0.05) is 18.4 Å². The van der Waals surface area contributed by atoms with Crippen molar-refractivity contribution in [1.82, 2.24) is 0 Å². The Morgan fingerprint density at radius 1 is 0.833 bits per heavy atom. The van der Waals surface area contributed by atoms with Crippen molar-refractivity contribution in [2.45, 2.75) is 12.8 Å². The molecular weight excluding hydrogens is 300 g/mol. The van der Waals surface area contributed by atoms with Crippen molar-refractivity contribution < 1.29 is 4.79 Å². The van der Waals surface area contributed by atoms with Crippen molar-refractivity contribution in [3.8, 4) is 18.2 Å². The maximum Gasteiger partial charge on any atom is 0.188 e. The zero-order valence-corrected chi connectivity index (χ0v) is 12.6.